The highest BCUT2D eigenvalue weighted by Gasteiger charge is 2.36. The Kier molecular flexibility index (Phi) is 4.10. The highest BCUT2D eigenvalue weighted by atomic mass is 35.5. The van der Waals surface area contributed by atoms with Gasteiger partial charge in [0.15, 0.2) is 0 Å². The van der Waals surface area contributed by atoms with Crippen LogP contribution >= 0.6 is 11.6 Å². The molecule has 0 N–H and O–H groups in total. The van der Waals surface area contributed by atoms with Crippen molar-refractivity contribution in [1.82, 2.24) is 14.3 Å². The van der Waals surface area contributed by atoms with Crippen LogP contribution < -0.4 is 5.56 Å². The summed E-state index contributed by atoms with van der Waals surface area (Å²) in [5.41, 5.74) is -1.28. The SMILES string of the molecule is Cc1nn(C)c2c1c(C(F)(F)F)cc(=O)n2Cc1ccc(F)cc1Cl. The number of alkyl halides is 3. The van der Waals surface area contributed by atoms with Gasteiger partial charge in [0, 0.05) is 18.1 Å². The number of hydrogen-bond donors (Lipinski definition) is 0. The molecule has 4 nitrogen and oxygen atoms in total. The van der Waals surface area contributed by atoms with E-state index in [0.717, 1.165) is 10.6 Å². The molecule has 2 heterocycles. The van der Waals surface area contributed by atoms with Gasteiger partial charge in [0.2, 0.25) is 0 Å². The predicted molar refractivity (Wildman–Crippen MR) is 85.2 cm³/mol. The number of rotatable bonds is 2. The van der Waals surface area contributed by atoms with Crippen molar-refractivity contribution >= 4 is 22.6 Å². The van der Waals surface area contributed by atoms with Crippen LogP contribution in [0.3, 0.4) is 0 Å². The highest BCUT2D eigenvalue weighted by molar-refractivity contribution is 6.31. The number of halogens is 5. The Morgan fingerprint density at radius 3 is 2.52 bits per heavy atom. The average Bonchev–Trinajstić information content (AvgIpc) is 2.78. The van der Waals surface area contributed by atoms with Crippen molar-refractivity contribution in [2.24, 2.45) is 7.05 Å². The molecule has 25 heavy (non-hydrogen) atoms. The van der Waals surface area contributed by atoms with E-state index < -0.39 is 23.1 Å². The van der Waals surface area contributed by atoms with Gasteiger partial charge in [-0.1, -0.05) is 17.7 Å². The summed E-state index contributed by atoms with van der Waals surface area (Å²) in [4.78, 5) is 12.3. The fourth-order valence-electron chi connectivity index (χ4n) is 2.85. The third-order valence-corrected chi connectivity index (χ3v) is 4.25. The maximum atomic E-state index is 13.3. The minimum absolute atomic E-state index is 0.0257. The molecular formula is C16H12ClF4N3O. The van der Waals surface area contributed by atoms with Gasteiger partial charge in [-0.05, 0) is 24.6 Å². The lowest BCUT2D eigenvalue weighted by molar-refractivity contribution is -0.136. The molecule has 0 amide bonds. The number of pyridine rings is 1. The number of benzene rings is 1. The van der Waals surface area contributed by atoms with Crippen LogP contribution in [0.2, 0.25) is 5.02 Å². The van der Waals surface area contributed by atoms with Crippen LogP contribution in [0.25, 0.3) is 11.0 Å². The van der Waals surface area contributed by atoms with Gasteiger partial charge in [-0.25, -0.2) is 4.39 Å². The minimum Gasteiger partial charge on any atom is -0.288 e. The molecule has 0 bridgehead atoms. The van der Waals surface area contributed by atoms with E-state index in [-0.39, 0.29) is 28.3 Å². The molecule has 0 saturated heterocycles. The van der Waals surface area contributed by atoms with Gasteiger partial charge in [0.1, 0.15) is 11.5 Å². The number of aryl methyl sites for hydroxylation is 2. The summed E-state index contributed by atoms with van der Waals surface area (Å²) in [7, 11) is 1.46. The summed E-state index contributed by atoms with van der Waals surface area (Å²) < 4.78 is 55.5. The molecule has 0 unspecified atom stereocenters. The number of hydrogen-bond acceptors (Lipinski definition) is 2. The molecule has 0 aliphatic carbocycles. The summed E-state index contributed by atoms with van der Waals surface area (Å²) in [5.74, 6) is -0.546. The van der Waals surface area contributed by atoms with Gasteiger partial charge in [-0.3, -0.25) is 14.0 Å². The molecule has 3 rings (SSSR count). The Bertz CT molecular complexity index is 1040. The largest absolute Gasteiger partial charge is 0.417 e. The molecule has 0 spiro atoms. The molecule has 0 aliphatic rings. The number of fused-ring (bicyclic) bond motifs is 1. The fraction of sp³-hybridized carbons (Fsp3) is 0.250. The molecule has 3 aromatic rings. The summed E-state index contributed by atoms with van der Waals surface area (Å²) in [6.45, 7) is 1.34. The van der Waals surface area contributed by atoms with E-state index in [0.29, 0.717) is 11.6 Å². The first-order valence-corrected chi connectivity index (χ1v) is 7.55. The molecule has 2 aromatic heterocycles. The molecule has 0 saturated carbocycles. The van der Waals surface area contributed by atoms with E-state index >= 15 is 0 Å². The monoisotopic (exact) mass is 373 g/mol. The second-order valence-corrected chi connectivity index (χ2v) is 6.03. The van der Waals surface area contributed by atoms with Gasteiger partial charge < -0.3 is 0 Å². The first kappa shape index (κ1) is 17.5. The summed E-state index contributed by atoms with van der Waals surface area (Å²) in [6.07, 6.45) is -4.68. The lowest BCUT2D eigenvalue weighted by atomic mass is 10.1. The Labute approximate surface area is 144 Å². The topological polar surface area (TPSA) is 39.8 Å². The molecule has 132 valence electrons. The molecule has 0 radical (unpaired) electrons. The summed E-state index contributed by atoms with van der Waals surface area (Å²) >= 11 is 5.97. The van der Waals surface area contributed by atoms with Crippen LogP contribution in [0.5, 0.6) is 0 Å². The van der Waals surface area contributed by atoms with Crippen molar-refractivity contribution in [1.29, 1.82) is 0 Å². The van der Waals surface area contributed by atoms with E-state index in [1.54, 1.807) is 0 Å². The third kappa shape index (κ3) is 3.02. The van der Waals surface area contributed by atoms with Crippen molar-refractivity contribution in [2.75, 3.05) is 0 Å². The van der Waals surface area contributed by atoms with E-state index in [9.17, 15) is 22.4 Å². The van der Waals surface area contributed by atoms with Crippen LogP contribution in [-0.2, 0) is 19.8 Å². The first-order chi connectivity index (χ1) is 11.6. The minimum atomic E-state index is -4.68. The third-order valence-electron chi connectivity index (χ3n) is 3.90. The van der Waals surface area contributed by atoms with Gasteiger partial charge in [-0.15, -0.1) is 0 Å². The molecule has 0 atom stereocenters. The molecule has 1 aromatic carbocycles. The van der Waals surface area contributed by atoms with Crippen molar-refractivity contribution in [3.05, 3.63) is 62.3 Å². The van der Waals surface area contributed by atoms with Crippen molar-refractivity contribution < 1.29 is 17.6 Å². The standard InChI is InChI=1S/C16H12ClF4N3O/c1-8-14-11(16(19,20)21)6-13(25)24(15(14)23(2)22-8)7-9-3-4-10(18)5-12(9)17/h3-6H,7H2,1-2H3. The normalized spacial score (nSPS) is 12.1. The Morgan fingerprint density at radius 1 is 1.24 bits per heavy atom. The maximum Gasteiger partial charge on any atom is 0.417 e. The van der Waals surface area contributed by atoms with Crippen molar-refractivity contribution in [3.63, 3.8) is 0 Å². The zero-order valence-electron chi connectivity index (χ0n) is 13.2. The van der Waals surface area contributed by atoms with Crippen LogP contribution in [-0.4, -0.2) is 14.3 Å². The second kappa shape index (κ2) is 5.87. The van der Waals surface area contributed by atoms with E-state index in [1.807, 2.05) is 0 Å². The quantitative estimate of drug-likeness (QED) is 0.639. The fourth-order valence-corrected chi connectivity index (χ4v) is 3.07. The van der Waals surface area contributed by atoms with Crippen LogP contribution in [0.4, 0.5) is 17.6 Å². The summed E-state index contributed by atoms with van der Waals surface area (Å²) in [6, 6.07) is 4.19. The van der Waals surface area contributed by atoms with Crippen LogP contribution in [0.1, 0.15) is 16.8 Å². The highest BCUT2D eigenvalue weighted by Crippen LogP contribution is 2.35. The lowest BCUT2D eigenvalue weighted by Crippen LogP contribution is -2.25. The van der Waals surface area contributed by atoms with Gasteiger partial charge in [0.25, 0.3) is 5.56 Å². The number of aromatic nitrogens is 3. The lowest BCUT2D eigenvalue weighted by Gasteiger charge is -2.14. The summed E-state index contributed by atoms with van der Waals surface area (Å²) in [5, 5.41) is 3.94. The molecule has 0 fully saturated rings. The number of nitrogens with zero attached hydrogens (tertiary/aromatic N) is 3. The Balaban J connectivity index is 2.30. The predicted octanol–water partition coefficient (Wildman–Crippen LogP) is 3.90. The van der Waals surface area contributed by atoms with Gasteiger partial charge in [-0.2, -0.15) is 18.3 Å². The van der Waals surface area contributed by atoms with E-state index in [4.69, 9.17) is 11.6 Å². The molecule has 9 heteroatoms. The maximum absolute atomic E-state index is 13.3. The zero-order valence-corrected chi connectivity index (χ0v) is 13.9. The van der Waals surface area contributed by atoms with Gasteiger partial charge in [0.05, 0.1) is 23.2 Å². The van der Waals surface area contributed by atoms with Crippen molar-refractivity contribution in [3.8, 4) is 0 Å². The van der Waals surface area contributed by atoms with E-state index in [1.165, 1.54) is 30.8 Å². The average molecular weight is 374 g/mol. The molecule has 0 aliphatic heterocycles. The van der Waals surface area contributed by atoms with Crippen molar-refractivity contribution in [2.45, 2.75) is 19.6 Å². The van der Waals surface area contributed by atoms with Crippen LogP contribution in [0.15, 0.2) is 29.1 Å². The first-order valence-electron chi connectivity index (χ1n) is 7.18. The van der Waals surface area contributed by atoms with Gasteiger partial charge >= 0.3 is 6.18 Å². The second-order valence-electron chi connectivity index (χ2n) is 5.62. The molecular weight excluding hydrogens is 362 g/mol. The van der Waals surface area contributed by atoms with E-state index in [2.05, 4.69) is 5.10 Å². The zero-order chi connectivity index (χ0) is 18.5. The Morgan fingerprint density at radius 2 is 1.92 bits per heavy atom. The Hall–Kier alpha value is -2.35. The smallest absolute Gasteiger partial charge is 0.288 e. The van der Waals surface area contributed by atoms with Crippen LogP contribution in [0, 0.1) is 12.7 Å².